The topological polar surface area (TPSA) is 30.2 Å². The predicted octanol–water partition coefficient (Wildman–Crippen LogP) is 3.26. The van der Waals surface area contributed by atoms with Crippen LogP contribution in [0.25, 0.3) is 12.2 Å². The number of aryl methyl sites for hydroxylation is 1. The molecule has 0 fully saturated rings. The Labute approximate surface area is 84.6 Å². The Morgan fingerprint density at radius 1 is 1.29 bits per heavy atom. The standard InChI is InChI=1S/C10H10O2.C2H6/c1-4-8-7(3)6-10(11)12-9(8)5-2;1-2/h4-6H,1-2H2,3H3;1-2H3. The zero-order valence-electron chi connectivity index (χ0n) is 8.96. The van der Waals surface area contributed by atoms with Gasteiger partial charge in [-0.15, -0.1) is 0 Å². The Balaban J connectivity index is 0.000000791. The van der Waals surface area contributed by atoms with Crippen molar-refractivity contribution >= 4 is 12.2 Å². The SMILES string of the molecule is C=Cc1oc(=O)cc(C)c1C=C.CC. The molecule has 1 rings (SSSR count). The number of rotatable bonds is 2. The van der Waals surface area contributed by atoms with Gasteiger partial charge in [0.05, 0.1) is 0 Å². The lowest BCUT2D eigenvalue weighted by Gasteiger charge is -2.01. The fourth-order valence-corrected chi connectivity index (χ4v) is 1.05. The van der Waals surface area contributed by atoms with E-state index in [0.29, 0.717) is 5.76 Å². The van der Waals surface area contributed by atoms with Crippen molar-refractivity contribution in [1.29, 1.82) is 0 Å². The van der Waals surface area contributed by atoms with Gasteiger partial charge in [0.25, 0.3) is 0 Å². The first-order valence-corrected chi connectivity index (χ1v) is 4.58. The molecular formula is C12H16O2. The van der Waals surface area contributed by atoms with E-state index in [9.17, 15) is 4.79 Å². The lowest BCUT2D eigenvalue weighted by Crippen LogP contribution is -2.01. The van der Waals surface area contributed by atoms with Gasteiger partial charge in [-0.1, -0.05) is 33.1 Å². The fraction of sp³-hybridized carbons (Fsp3) is 0.250. The summed E-state index contributed by atoms with van der Waals surface area (Å²) in [5.41, 5.74) is 1.33. The minimum absolute atomic E-state index is 0.354. The van der Waals surface area contributed by atoms with E-state index in [-0.39, 0.29) is 5.63 Å². The first kappa shape index (κ1) is 12.4. The molecular weight excluding hydrogens is 176 g/mol. The van der Waals surface area contributed by atoms with Crippen molar-refractivity contribution in [3.8, 4) is 0 Å². The molecule has 0 aromatic carbocycles. The van der Waals surface area contributed by atoms with Crippen LogP contribution in [-0.4, -0.2) is 0 Å². The van der Waals surface area contributed by atoms with Gasteiger partial charge in [-0.25, -0.2) is 4.79 Å². The van der Waals surface area contributed by atoms with E-state index in [1.54, 1.807) is 6.08 Å². The Morgan fingerprint density at radius 2 is 1.86 bits per heavy atom. The van der Waals surface area contributed by atoms with Crippen molar-refractivity contribution in [2.24, 2.45) is 0 Å². The van der Waals surface area contributed by atoms with Gasteiger partial charge in [0.1, 0.15) is 5.76 Å². The molecule has 0 radical (unpaired) electrons. The molecule has 14 heavy (non-hydrogen) atoms. The van der Waals surface area contributed by atoms with Gasteiger partial charge >= 0.3 is 5.63 Å². The summed E-state index contributed by atoms with van der Waals surface area (Å²) in [6.07, 6.45) is 3.15. The fourth-order valence-electron chi connectivity index (χ4n) is 1.05. The summed E-state index contributed by atoms with van der Waals surface area (Å²) < 4.78 is 4.88. The molecule has 0 amide bonds. The largest absolute Gasteiger partial charge is 0.423 e. The van der Waals surface area contributed by atoms with Gasteiger partial charge < -0.3 is 4.42 Å². The van der Waals surface area contributed by atoms with Crippen molar-refractivity contribution in [2.45, 2.75) is 20.8 Å². The third-order valence-corrected chi connectivity index (χ3v) is 1.62. The first-order chi connectivity index (χ1) is 6.69. The van der Waals surface area contributed by atoms with Gasteiger partial charge in [-0.05, 0) is 18.6 Å². The van der Waals surface area contributed by atoms with Crippen molar-refractivity contribution < 1.29 is 4.42 Å². The summed E-state index contributed by atoms with van der Waals surface area (Å²) >= 11 is 0. The lowest BCUT2D eigenvalue weighted by atomic mass is 10.1. The quantitative estimate of drug-likeness (QED) is 0.720. The molecule has 2 nitrogen and oxygen atoms in total. The van der Waals surface area contributed by atoms with Crippen LogP contribution in [0.1, 0.15) is 30.7 Å². The second-order valence-electron chi connectivity index (χ2n) is 2.43. The Bertz CT molecular complexity index is 372. The Kier molecular flexibility index (Phi) is 5.30. The second-order valence-corrected chi connectivity index (χ2v) is 2.43. The van der Waals surface area contributed by atoms with Crippen LogP contribution in [-0.2, 0) is 0 Å². The highest BCUT2D eigenvalue weighted by molar-refractivity contribution is 5.61. The molecule has 0 saturated heterocycles. The maximum absolute atomic E-state index is 10.9. The predicted molar refractivity (Wildman–Crippen MR) is 61.2 cm³/mol. The average molecular weight is 192 g/mol. The monoisotopic (exact) mass is 192 g/mol. The van der Waals surface area contributed by atoms with Gasteiger partial charge in [-0.3, -0.25) is 0 Å². The number of hydrogen-bond donors (Lipinski definition) is 0. The van der Waals surface area contributed by atoms with Crippen LogP contribution in [0, 0.1) is 6.92 Å². The third kappa shape index (κ3) is 2.73. The van der Waals surface area contributed by atoms with E-state index in [1.165, 1.54) is 12.1 Å². The zero-order valence-corrected chi connectivity index (χ0v) is 8.96. The summed E-state index contributed by atoms with van der Waals surface area (Å²) in [5.74, 6) is 0.481. The van der Waals surface area contributed by atoms with Crippen LogP contribution in [0.2, 0.25) is 0 Å². The highest BCUT2D eigenvalue weighted by atomic mass is 16.4. The normalized spacial score (nSPS) is 8.50. The molecule has 0 saturated carbocycles. The molecule has 0 aliphatic heterocycles. The van der Waals surface area contributed by atoms with Crippen LogP contribution in [0.3, 0.4) is 0 Å². The lowest BCUT2D eigenvalue weighted by molar-refractivity contribution is 0.498. The first-order valence-electron chi connectivity index (χ1n) is 4.58. The smallest absolute Gasteiger partial charge is 0.336 e. The highest BCUT2D eigenvalue weighted by Gasteiger charge is 2.02. The molecule has 0 aliphatic carbocycles. The molecule has 0 spiro atoms. The van der Waals surface area contributed by atoms with Gasteiger partial charge in [-0.2, -0.15) is 0 Å². The van der Waals surface area contributed by atoms with Crippen LogP contribution >= 0.6 is 0 Å². The molecule has 1 heterocycles. The van der Waals surface area contributed by atoms with Crippen LogP contribution in [0.15, 0.2) is 28.4 Å². The molecule has 0 atom stereocenters. The average Bonchev–Trinajstić information content (AvgIpc) is 2.19. The second kappa shape index (κ2) is 5.97. The maximum atomic E-state index is 10.9. The van der Waals surface area contributed by atoms with E-state index in [1.807, 2.05) is 20.8 Å². The maximum Gasteiger partial charge on any atom is 0.336 e. The van der Waals surface area contributed by atoms with Crippen LogP contribution in [0.4, 0.5) is 0 Å². The van der Waals surface area contributed by atoms with E-state index in [2.05, 4.69) is 13.2 Å². The number of hydrogen-bond acceptors (Lipinski definition) is 2. The summed E-state index contributed by atoms with van der Waals surface area (Å²) in [7, 11) is 0. The summed E-state index contributed by atoms with van der Waals surface area (Å²) in [5, 5.41) is 0. The summed E-state index contributed by atoms with van der Waals surface area (Å²) in [6.45, 7) is 13.0. The van der Waals surface area contributed by atoms with Crippen molar-refractivity contribution in [3.63, 3.8) is 0 Å². The Hall–Kier alpha value is -1.57. The minimum atomic E-state index is -0.354. The van der Waals surface area contributed by atoms with E-state index in [4.69, 9.17) is 4.42 Å². The molecule has 2 heteroatoms. The van der Waals surface area contributed by atoms with E-state index < -0.39 is 0 Å². The minimum Gasteiger partial charge on any atom is -0.423 e. The van der Waals surface area contributed by atoms with Crippen LogP contribution < -0.4 is 5.63 Å². The zero-order chi connectivity index (χ0) is 11.1. The van der Waals surface area contributed by atoms with Crippen molar-refractivity contribution in [1.82, 2.24) is 0 Å². The highest BCUT2D eigenvalue weighted by Crippen LogP contribution is 2.13. The third-order valence-electron chi connectivity index (χ3n) is 1.62. The van der Waals surface area contributed by atoms with Crippen LogP contribution in [0.5, 0.6) is 0 Å². The van der Waals surface area contributed by atoms with Gasteiger partial charge in [0.2, 0.25) is 0 Å². The van der Waals surface area contributed by atoms with Crippen molar-refractivity contribution in [2.75, 3.05) is 0 Å². The molecule has 0 N–H and O–H groups in total. The molecule has 1 aromatic heterocycles. The van der Waals surface area contributed by atoms with Crippen molar-refractivity contribution in [3.05, 3.63) is 46.5 Å². The molecule has 76 valence electrons. The molecule has 0 aliphatic rings. The van der Waals surface area contributed by atoms with E-state index >= 15 is 0 Å². The molecule has 1 aromatic rings. The van der Waals surface area contributed by atoms with Gasteiger partial charge in [0, 0.05) is 11.6 Å². The summed E-state index contributed by atoms with van der Waals surface area (Å²) in [4.78, 5) is 10.9. The molecule has 0 bridgehead atoms. The Morgan fingerprint density at radius 3 is 2.29 bits per heavy atom. The molecule has 0 unspecified atom stereocenters. The van der Waals surface area contributed by atoms with E-state index in [0.717, 1.165) is 11.1 Å². The van der Waals surface area contributed by atoms with Gasteiger partial charge in [0.15, 0.2) is 0 Å². The summed E-state index contributed by atoms with van der Waals surface area (Å²) in [6, 6.07) is 1.43.